The van der Waals surface area contributed by atoms with E-state index in [0.717, 1.165) is 6.42 Å². The molecule has 2 rings (SSSR count). The van der Waals surface area contributed by atoms with Crippen LogP contribution in [-0.4, -0.2) is 52.6 Å². The SMILES string of the molecule is CC(C)(C)CC1(O)CC2COCC(C1)N2C(=O)OC(C)(C)C. The number of rotatable bonds is 1. The zero-order chi connectivity index (χ0) is 16.8. The van der Waals surface area contributed by atoms with Crippen molar-refractivity contribution in [1.82, 2.24) is 4.90 Å². The summed E-state index contributed by atoms with van der Waals surface area (Å²) in [6, 6.07) is -0.204. The van der Waals surface area contributed by atoms with Gasteiger partial charge >= 0.3 is 6.09 Å². The maximum atomic E-state index is 12.5. The number of nitrogens with zero attached hydrogens (tertiary/aromatic N) is 1. The Hall–Kier alpha value is -0.810. The minimum atomic E-state index is -0.726. The van der Waals surface area contributed by atoms with Crippen LogP contribution < -0.4 is 0 Å². The summed E-state index contributed by atoms with van der Waals surface area (Å²) in [5.41, 5.74) is -1.18. The Morgan fingerprint density at radius 1 is 1.18 bits per heavy atom. The van der Waals surface area contributed by atoms with Gasteiger partial charge in [0.25, 0.3) is 0 Å². The van der Waals surface area contributed by atoms with E-state index in [9.17, 15) is 9.90 Å². The van der Waals surface area contributed by atoms with Gasteiger partial charge in [0.1, 0.15) is 5.60 Å². The number of piperidine rings is 1. The molecule has 1 amide bonds. The quantitative estimate of drug-likeness (QED) is 0.808. The van der Waals surface area contributed by atoms with Gasteiger partial charge in [-0.05, 0) is 45.4 Å². The van der Waals surface area contributed by atoms with Crippen LogP contribution in [0.3, 0.4) is 0 Å². The van der Waals surface area contributed by atoms with Crippen LogP contribution in [0.4, 0.5) is 4.79 Å². The van der Waals surface area contributed by atoms with E-state index in [2.05, 4.69) is 20.8 Å². The van der Waals surface area contributed by atoms with Gasteiger partial charge in [-0.25, -0.2) is 4.79 Å². The molecule has 2 unspecified atom stereocenters. The van der Waals surface area contributed by atoms with Crippen molar-refractivity contribution in [2.75, 3.05) is 13.2 Å². The summed E-state index contributed by atoms with van der Waals surface area (Å²) in [6.45, 7) is 13.0. The first kappa shape index (κ1) is 17.5. The maximum Gasteiger partial charge on any atom is 0.410 e. The Bertz CT molecular complexity index is 407. The lowest BCUT2D eigenvalue weighted by Crippen LogP contribution is -2.64. The Balaban J connectivity index is 2.13. The molecule has 0 aromatic rings. The van der Waals surface area contributed by atoms with Gasteiger partial charge in [-0.3, -0.25) is 4.90 Å². The Morgan fingerprint density at radius 2 is 1.68 bits per heavy atom. The van der Waals surface area contributed by atoms with Gasteiger partial charge in [-0.1, -0.05) is 20.8 Å². The van der Waals surface area contributed by atoms with E-state index in [-0.39, 0.29) is 23.6 Å². The van der Waals surface area contributed by atoms with E-state index in [4.69, 9.17) is 9.47 Å². The molecule has 2 saturated heterocycles. The number of morpholine rings is 1. The van der Waals surface area contributed by atoms with Crippen molar-refractivity contribution in [2.24, 2.45) is 5.41 Å². The van der Waals surface area contributed by atoms with Crippen molar-refractivity contribution in [1.29, 1.82) is 0 Å². The lowest BCUT2D eigenvalue weighted by atomic mass is 9.72. The monoisotopic (exact) mass is 313 g/mol. The second kappa shape index (κ2) is 5.68. The standard InChI is InChI=1S/C17H31NO4/c1-15(2,3)11-17(20)7-12-9-21-10-13(8-17)18(12)14(19)22-16(4,5)6/h12-13,20H,7-11H2,1-6H3. The lowest BCUT2D eigenvalue weighted by Gasteiger charge is -2.52. The molecule has 0 spiro atoms. The van der Waals surface area contributed by atoms with Crippen LogP contribution in [0.15, 0.2) is 0 Å². The summed E-state index contributed by atoms with van der Waals surface area (Å²) in [7, 11) is 0. The highest BCUT2D eigenvalue weighted by Crippen LogP contribution is 2.41. The number of hydrogen-bond acceptors (Lipinski definition) is 4. The van der Waals surface area contributed by atoms with E-state index in [1.54, 1.807) is 4.90 Å². The molecule has 5 nitrogen and oxygen atoms in total. The third kappa shape index (κ3) is 4.35. The summed E-state index contributed by atoms with van der Waals surface area (Å²) in [4.78, 5) is 14.3. The lowest BCUT2D eigenvalue weighted by molar-refractivity contribution is -0.146. The number of hydrogen-bond donors (Lipinski definition) is 1. The van der Waals surface area contributed by atoms with Crippen molar-refractivity contribution in [3.63, 3.8) is 0 Å². The second-order valence-corrected chi connectivity index (χ2v) is 9.10. The third-order valence-corrected chi connectivity index (χ3v) is 4.10. The first-order chi connectivity index (χ1) is 9.89. The summed E-state index contributed by atoms with van der Waals surface area (Å²) in [5, 5.41) is 11.0. The van der Waals surface area contributed by atoms with Gasteiger partial charge < -0.3 is 14.6 Å². The van der Waals surface area contributed by atoms with Crippen LogP contribution >= 0.6 is 0 Å². The fourth-order valence-corrected chi connectivity index (χ4v) is 3.82. The maximum absolute atomic E-state index is 12.5. The highest BCUT2D eigenvalue weighted by atomic mass is 16.6. The molecule has 0 radical (unpaired) electrons. The Morgan fingerprint density at radius 3 is 2.09 bits per heavy atom. The van der Waals surface area contributed by atoms with Crippen molar-refractivity contribution in [3.8, 4) is 0 Å². The van der Waals surface area contributed by atoms with Crippen LogP contribution in [0.5, 0.6) is 0 Å². The first-order valence-corrected chi connectivity index (χ1v) is 8.20. The second-order valence-electron chi connectivity index (χ2n) is 9.10. The van der Waals surface area contributed by atoms with Crippen molar-refractivity contribution in [2.45, 2.75) is 84.1 Å². The summed E-state index contributed by atoms with van der Waals surface area (Å²) in [5.74, 6) is 0. The fourth-order valence-electron chi connectivity index (χ4n) is 3.82. The number of carbonyl (C=O) groups is 1. The van der Waals surface area contributed by atoms with E-state index < -0.39 is 11.2 Å². The van der Waals surface area contributed by atoms with Gasteiger partial charge in [0, 0.05) is 0 Å². The smallest absolute Gasteiger partial charge is 0.410 e. The minimum Gasteiger partial charge on any atom is -0.444 e. The number of fused-ring (bicyclic) bond motifs is 2. The predicted molar refractivity (Wildman–Crippen MR) is 84.7 cm³/mol. The fraction of sp³-hybridized carbons (Fsp3) is 0.941. The van der Waals surface area contributed by atoms with Gasteiger partial charge in [0.05, 0.1) is 30.9 Å². The zero-order valence-corrected chi connectivity index (χ0v) is 14.8. The summed E-state index contributed by atoms with van der Waals surface area (Å²) in [6.07, 6.45) is 1.55. The van der Waals surface area contributed by atoms with E-state index in [1.807, 2.05) is 20.8 Å². The van der Waals surface area contributed by atoms with Crippen LogP contribution in [0.1, 0.15) is 60.8 Å². The van der Waals surface area contributed by atoms with Gasteiger partial charge in [-0.2, -0.15) is 0 Å². The van der Waals surface area contributed by atoms with Crippen LogP contribution in [0.25, 0.3) is 0 Å². The molecule has 2 aliphatic heterocycles. The molecule has 2 atom stereocenters. The minimum absolute atomic E-state index is 0.0536. The molecule has 2 aliphatic rings. The molecule has 22 heavy (non-hydrogen) atoms. The number of ether oxygens (including phenoxy) is 2. The molecule has 0 aromatic heterocycles. The molecule has 0 saturated carbocycles. The summed E-state index contributed by atoms with van der Waals surface area (Å²) >= 11 is 0. The third-order valence-electron chi connectivity index (χ3n) is 4.10. The molecule has 128 valence electrons. The van der Waals surface area contributed by atoms with E-state index in [1.165, 1.54) is 0 Å². The molecule has 0 aliphatic carbocycles. The highest BCUT2D eigenvalue weighted by molar-refractivity contribution is 5.69. The predicted octanol–water partition coefficient (Wildman–Crippen LogP) is 2.95. The van der Waals surface area contributed by atoms with Crippen LogP contribution in [0, 0.1) is 5.41 Å². The number of amides is 1. The van der Waals surface area contributed by atoms with Crippen molar-refractivity contribution >= 4 is 6.09 Å². The molecule has 2 bridgehead atoms. The average molecular weight is 313 g/mol. The topological polar surface area (TPSA) is 59.0 Å². The van der Waals surface area contributed by atoms with Crippen LogP contribution in [-0.2, 0) is 9.47 Å². The van der Waals surface area contributed by atoms with Crippen LogP contribution in [0.2, 0.25) is 0 Å². The summed E-state index contributed by atoms with van der Waals surface area (Å²) < 4.78 is 11.1. The number of carbonyl (C=O) groups excluding carboxylic acids is 1. The molecule has 2 fully saturated rings. The Kier molecular flexibility index (Phi) is 4.53. The first-order valence-electron chi connectivity index (χ1n) is 8.20. The molecule has 0 aromatic carbocycles. The highest BCUT2D eigenvalue weighted by Gasteiger charge is 2.50. The van der Waals surface area contributed by atoms with E-state index >= 15 is 0 Å². The van der Waals surface area contributed by atoms with Gasteiger partial charge in [-0.15, -0.1) is 0 Å². The Labute approximate surface area is 134 Å². The molecule has 1 N–H and O–H groups in total. The molecular weight excluding hydrogens is 282 g/mol. The average Bonchev–Trinajstić information content (AvgIpc) is 2.21. The number of aliphatic hydroxyl groups is 1. The molecule has 2 heterocycles. The van der Waals surface area contributed by atoms with Gasteiger partial charge in [0.2, 0.25) is 0 Å². The van der Waals surface area contributed by atoms with Gasteiger partial charge in [0.15, 0.2) is 0 Å². The van der Waals surface area contributed by atoms with E-state index in [0.29, 0.717) is 26.1 Å². The molecule has 5 heteroatoms. The largest absolute Gasteiger partial charge is 0.444 e. The zero-order valence-electron chi connectivity index (χ0n) is 14.8. The van der Waals surface area contributed by atoms with Crippen molar-refractivity contribution in [3.05, 3.63) is 0 Å². The van der Waals surface area contributed by atoms with Crippen molar-refractivity contribution < 1.29 is 19.4 Å². The molecular formula is C17H31NO4. The normalized spacial score (nSPS) is 32.8.